The Balaban J connectivity index is 1.79. The molecule has 0 bridgehead atoms. The number of aromatic nitrogens is 3. The molecule has 2 N–H and O–H groups in total. The molecule has 0 saturated carbocycles. The summed E-state index contributed by atoms with van der Waals surface area (Å²) in [5, 5.41) is 10.7. The summed E-state index contributed by atoms with van der Waals surface area (Å²) < 4.78 is 1.84. The van der Waals surface area contributed by atoms with Crippen LogP contribution in [0.4, 0.5) is 11.5 Å². The number of rotatable bonds is 2. The molecule has 0 aromatic carbocycles. The van der Waals surface area contributed by atoms with Crippen LogP contribution in [0, 0.1) is 0 Å². The molecule has 1 aliphatic rings. The number of pyridine rings is 1. The van der Waals surface area contributed by atoms with Crippen molar-refractivity contribution in [1.29, 1.82) is 0 Å². The van der Waals surface area contributed by atoms with E-state index in [1.54, 1.807) is 18.3 Å². The van der Waals surface area contributed by atoms with E-state index in [2.05, 4.69) is 20.7 Å². The van der Waals surface area contributed by atoms with Gasteiger partial charge in [-0.2, -0.15) is 5.10 Å². The van der Waals surface area contributed by atoms with E-state index in [4.69, 9.17) is 11.6 Å². The van der Waals surface area contributed by atoms with Crippen molar-refractivity contribution in [1.82, 2.24) is 14.8 Å². The zero-order chi connectivity index (χ0) is 13.2. The third kappa shape index (κ3) is 2.39. The van der Waals surface area contributed by atoms with E-state index < -0.39 is 0 Å². The van der Waals surface area contributed by atoms with Crippen molar-refractivity contribution in [3.05, 3.63) is 35.2 Å². The number of anilines is 2. The summed E-state index contributed by atoms with van der Waals surface area (Å²) in [5.74, 6) is 0.563. The van der Waals surface area contributed by atoms with Gasteiger partial charge in [0, 0.05) is 19.3 Å². The molecule has 3 heterocycles. The van der Waals surface area contributed by atoms with E-state index in [1.165, 1.54) is 6.20 Å². The maximum absolute atomic E-state index is 12.0. The van der Waals surface area contributed by atoms with Crippen LogP contribution in [0.15, 0.2) is 24.5 Å². The number of nitrogens with one attached hydrogen (secondary N) is 2. The molecule has 1 aliphatic heterocycles. The first kappa shape index (κ1) is 12.0. The number of amides is 1. The molecular weight excluding hydrogens is 266 g/mol. The Morgan fingerprint density at radius 1 is 1.42 bits per heavy atom. The van der Waals surface area contributed by atoms with Gasteiger partial charge in [0.1, 0.15) is 17.2 Å². The zero-order valence-corrected chi connectivity index (χ0v) is 10.8. The van der Waals surface area contributed by atoms with Crippen molar-refractivity contribution in [2.24, 2.45) is 0 Å². The summed E-state index contributed by atoms with van der Waals surface area (Å²) in [6.07, 6.45) is 4.12. The SMILES string of the molecule is O=C(Nc1cnn2c1NCCC2)c1ccc(Cl)cn1. The number of hydrogen-bond donors (Lipinski definition) is 2. The fraction of sp³-hybridized carbons (Fsp3) is 0.250. The Kier molecular flexibility index (Phi) is 3.08. The smallest absolute Gasteiger partial charge is 0.274 e. The lowest BCUT2D eigenvalue weighted by molar-refractivity contribution is 0.102. The highest BCUT2D eigenvalue weighted by atomic mass is 35.5. The molecule has 0 saturated heterocycles. The number of nitrogens with zero attached hydrogens (tertiary/aromatic N) is 3. The molecule has 19 heavy (non-hydrogen) atoms. The van der Waals surface area contributed by atoms with Gasteiger partial charge in [0.05, 0.1) is 11.2 Å². The summed E-state index contributed by atoms with van der Waals surface area (Å²) >= 11 is 5.74. The minimum absolute atomic E-state index is 0.278. The highest BCUT2D eigenvalue weighted by Crippen LogP contribution is 2.24. The molecule has 6 nitrogen and oxygen atoms in total. The van der Waals surface area contributed by atoms with Crippen molar-refractivity contribution >= 4 is 29.0 Å². The van der Waals surface area contributed by atoms with E-state index in [0.29, 0.717) is 16.4 Å². The van der Waals surface area contributed by atoms with Crippen LogP contribution < -0.4 is 10.6 Å². The average Bonchev–Trinajstić information content (AvgIpc) is 2.83. The summed E-state index contributed by atoms with van der Waals surface area (Å²) in [5.41, 5.74) is 0.988. The zero-order valence-electron chi connectivity index (χ0n) is 10.1. The van der Waals surface area contributed by atoms with E-state index in [9.17, 15) is 4.79 Å². The highest BCUT2D eigenvalue weighted by Gasteiger charge is 2.17. The Hall–Kier alpha value is -2.08. The standard InChI is InChI=1S/C12H12ClN5O/c13-8-2-3-9(15-6-8)12(19)17-10-7-16-18-5-1-4-14-11(10)18/h2-3,6-7,14H,1,4-5H2,(H,17,19). The first-order valence-electron chi connectivity index (χ1n) is 5.96. The third-order valence-electron chi connectivity index (χ3n) is 2.89. The highest BCUT2D eigenvalue weighted by molar-refractivity contribution is 6.30. The number of carbonyl (C=O) groups is 1. The lowest BCUT2D eigenvalue weighted by Crippen LogP contribution is -2.20. The largest absolute Gasteiger partial charge is 0.368 e. The van der Waals surface area contributed by atoms with Crippen LogP contribution in [0.5, 0.6) is 0 Å². The van der Waals surface area contributed by atoms with E-state index in [-0.39, 0.29) is 5.91 Å². The van der Waals surface area contributed by atoms with Gasteiger partial charge in [-0.15, -0.1) is 0 Å². The third-order valence-corrected chi connectivity index (χ3v) is 3.11. The minimum atomic E-state index is -0.278. The molecular formula is C12H12ClN5O. The summed E-state index contributed by atoms with van der Waals surface area (Å²) in [6.45, 7) is 1.74. The maximum atomic E-state index is 12.0. The summed E-state index contributed by atoms with van der Waals surface area (Å²) in [6, 6.07) is 3.22. The van der Waals surface area contributed by atoms with Gasteiger partial charge in [-0.25, -0.2) is 9.67 Å². The number of aryl methyl sites for hydroxylation is 1. The van der Waals surface area contributed by atoms with Gasteiger partial charge < -0.3 is 10.6 Å². The predicted molar refractivity (Wildman–Crippen MR) is 72.5 cm³/mol. The number of carbonyl (C=O) groups excluding carboxylic acids is 1. The molecule has 98 valence electrons. The van der Waals surface area contributed by atoms with Crippen molar-refractivity contribution in [3.8, 4) is 0 Å². The van der Waals surface area contributed by atoms with Gasteiger partial charge in [-0.3, -0.25) is 4.79 Å². The van der Waals surface area contributed by atoms with Crippen molar-refractivity contribution in [3.63, 3.8) is 0 Å². The molecule has 7 heteroatoms. The maximum Gasteiger partial charge on any atom is 0.274 e. The first-order valence-corrected chi connectivity index (χ1v) is 6.34. The van der Waals surface area contributed by atoms with Crippen LogP contribution in [-0.2, 0) is 6.54 Å². The lowest BCUT2D eigenvalue weighted by Gasteiger charge is -2.16. The van der Waals surface area contributed by atoms with Gasteiger partial charge in [0.2, 0.25) is 0 Å². The number of halogens is 1. The molecule has 0 atom stereocenters. The van der Waals surface area contributed by atoms with Gasteiger partial charge >= 0.3 is 0 Å². The first-order chi connectivity index (χ1) is 9.24. The number of hydrogen-bond acceptors (Lipinski definition) is 4. The Labute approximate surface area is 114 Å². The molecule has 1 amide bonds. The second-order valence-corrected chi connectivity index (χ2v) is 4.66. The second kappa shape index (κ2) is 4.89. The normalized spacial score (nSPS) is 13.5. The molecule has 0 aliphatic carbocycles. The van der Waals surface area contributed by atoms with Crippen LogP contribution in [-0.4, -0.2) is 27.2 Å². The fourth-order valence-electron chi connectivity index (χ4n) is 1.96. The van der Waals surface area contributed by atoms with Crippen LogP contribution in [0.1, 0.15) is 16.9 Å². The lowest BCUT2D eigenvalue weighted by atomic mass is 10.3. The molecule has 0 radical (unpaired) electrons. The van der Waals surface area contributed by atoms with Crippen LogP contribution in [0.2, 0.25) is 5.02 Å². The molecule has 0 fully saturated rings. The van der Waals surface area contributed by atoms with E-state index >= 15 is 0 Å². The van der Waals surface area contributed by atoms with E-state index in [1.807, 2.05) is 4.68 Å². The molecule has 0 spiro atoms. The fourth-order valence-corrected chi connectivity index (χ4v) is 2.08. The average molecular weight is 278 g/mol. The van der Waals surface area contributed by atoms with Crippen LogP contribution >= 0.6 is 11.6 Å². The van der Waals surface area contributed by atoms with Crippen molar-refractivity contribution < 1.29 is 4.79 Å². The second-order valence-electron chi connectivity index (χ2n) is 4.23. The number of fused-ring (bicyclic) bond motifs is 1. The van der Waals surface area contributed by atoms with Gasteiger partial charge in [0.25, 0.3) is 5.91 Å². The van der Waals surface area contributed by atoms with Gasteiger partial charge in [-0.1, -0.05) is 11.6 Å². The predicted octanol–water partition coefficient (Wildman–Crippen LogP) is 2.00. The molecule has 3 rings (SSSR count). The molecule has 0 unspecified atom stereocenters. The summed E-state index contributed by atoms with van der Waals surface area (Å²) in [7, 11) is 0. The topological polar surface area (TPSA) is 71.8 Å². The summed E-state index contributed by atoms with van der Waals surface area (Å²) in [4.78, 5) is 16.0. The molecule has 2 aromatic heterocycles. The van der Waals surface area contributed by atoms with E-state index in [0.717, 1.165) is 25.3 Å². The van der Waals surface area contributed by atoms with Gasteiger partial charge in [0.15, 0.2) is 0 Å². The monoisotopic (exact) mass is 277 g/mol. The van der Waals surface area contributed by atoms with Gasteiger partial charge in [-0.05, 0) is 18.6 Å². The van der Waals surface area contributed by atoms with Crippen molar-refractivity contribution in [2.45, 2.75) is 13.0 Å². The van der Waals surface area contributed by atoms with Crippen LogP contribution in [0.3, 0.4) is 0 Å². The Morgan fingerprint density at radius 2 is 2.32 bits per heavy atom. The molecule has 2 aromatic rings. The minimum Gasteiger partial charge on any atom is -0.368 e. The van der Waals surface area contributed by atoms with Crippen molar-refractivity contribution in [2.75, 3.05) is 17.2 Å². The Morgan fingerprint density at radius 3 is 3.11 bits per heavy atom. The van der Waals surface area contributed by atoms with Crippen LogP contribution in [0.25, 0.3) is 0 Å². The Bertz CT molecular complexity index is 607. The quantitative estimate of drug-likeness (QED) is 0.881.